The number of ketones is 1. The predicted octanol–water partition coefficient (Wildman–Crippen LogP) is 0.250. The maximum absolute atomic E-state index is 11.5. The van der Waals surface area contributed by atoms with Gasteiger partial charge >= 0.3 is 6.03 Å². The van der Waals surface area contributed by atoms with Gasteiger partial charge in [-0.1, -0.05) is 0 Å². The predicted molar refractivity (Wildman–Crippen MR) is 49.7 cm³/mol. The van der Waals surface area contributed by atoms with Crippen molar-refractivity contribution in [3.8, 4) is 0 Å². The molecule has 1 heterocycles. The highest BCUT2D eigenvalue weighted by Crippen LogP contribution is 2.09. The second kappa shape index (κ2) is 4.21. The molecule has 0 aromatic heterocycles. The minimum absolute atomic E-state index is 0.0280. The van der Waals surface area contributed by atoms with Gasteiger partial charge in [0.15, 0.2) is 0 Å². The van der Waals surface area contributed by atoms with E-state index >= 15 is 0 Å². The summed E-state index contributed by atoms with van der Waals surface area (Å²) in [5, 5.41) is 0. The van der Waals surface area contributed by atoms with Gasteiger partial charge in [0, 0.05) is 19.5 Å². The molecule has 78 valence electrons. The maximum Gasteiger partial charge on any atom is 0.327 e. The van der Waals surface area contributed by atoms with E-state index in [9.17, 15) is 14.4 Å². The minimum Gasteiger partial charge on any atom is -0.315 e. The van der Waals surface area contributed by atoms with Crippen molar-refractivity contribution in [2.75, 3.05) is 19.6 Å². The fraction of sp³-hybridized carbons (Fsp3) is 0.667. The van der Waals surface area contributed by atoms with Gasteiger partial charge in [-0.05, 0) is 13.8 Å². The summed E-state index contributed by atoms with van der Waals surface area (Å²) in [7, 11) is 0. The molecule has 5 heteroatoms. The van der Waals surface area contributed by atoms with Crippen LogP contribution in [-0.4, -0.2) is 47.2 Å². The van der Waals surface area contributed by atoms with Crippen LogP contribution in [0.25, 0.3) is 0 Å². The van der Waals surface area contributed by atoms with E-state index in [1.54, 1.807) is 6.92 Å². The van der Waals surface area contributed by atoms with Gasteiger partial charge in [0.25, 0.3) is 0 Å². The summed E-state index contributed by atoms with van der Waals surface area (Å²) in [5.74, 6) is -0.152. The van der Waals surface area contributed by atoms with E-state index in [0.29, 0.717) is 19.5 Å². The van der Waals surface area contributed by atoms with Crippen molar-refractivity contribution >= 4 is 17.7 Å². The molecule has 0 aromatic rings. The Morgan fingerprint density at radius 1 is 1.43 bits per heavy atom. The second-order valence-corrected chi connectivity index (χ2v) is 3.29. The van der Waals surface area contributed by atoms with E-state index in [1.807, 2.05) is 0 Å². The fourth-order valence-corrected chi connectivity index (χ4v) is 1.37. The van der Waals surface area contributed by atoms with Gasteiger partial charge in [0.05, 0.1) is 0 Å². The number of rotatable bonds is 4. The average Bonchev–Trinajstić information content (AvgIpc) is 2.38. The highest BCUT2D eigenvalue weighted by Gasteiger charge is 2.34. The molecule has 0 aliphatic carbocycles. The number of hydrogen-bond acceptors (Lipinski definition) is 3. The van der Waals surface area contributed by atoms with E-state index in [-0.39, 0.29) is 24.3 Å². The lowest BCUT2D eigenvalue weighted by atomic mass is 10.3. The Labute approximate surface area is 82.7 Å². The molecule has 1 rings (SSSR count). The largest absolute Gasteiger partial charge is 0.327 e. The molecule has 14 heavy (non-hydrogen) atoms. The van der Waals surface area contributed by atoms with Crippen molar-refractivity contribution < 1.29 is 14.4 Å². The van der Waals surface area contributed by atoms with E-state index in [4.69, 9.17) is 0 Å². The van der Waals surface area contributed by atoms with Crippen molar-refractivity contribution in [2.24, 2.45) is 0 Å². The smallest absolute Gasteiger partial charge is 0.315 e. The van der Waals surface area contributed by atoms with E-state index in [1.165, 1.54) is 16.7 Å². The zero-order chi connectivity index (χ0) is 10.7. The number of hydrogen-bond donors (Lipinski definition) is 0. The Hall–Kier alpha value is -1.39. The molecule has 3 amide bonds. The normalized spacial score (nSPS) is 16.7. The van der Waals surface area contributed by atoms with Crippen LogP contribution in [0.4, 0.5) is 4.79 Å². The number of likely N-dealkylation sites (N-methyl/N-ethyl adjacent to an activating group) is 1. The number of carbonyl (C=O) groups is 3. The third-order valence-corrected chi connectivity index (χ3v) is 2.18. The van der Waals surface area contributed by atoms with Crippen LogP contribution in [-0.2, 0) is 9.59 Å². The van der Waals surface area contributed by atoms with Crippen LogP contribution >= 0.6 is 0 Å². The number of amides is 3. The van der Waals surface area contributed by atoms with Crippen molar-refractivity contribution in [2.45, 2.75) is 20.3 Å². The molecule has 0 saturated carbocycles. The quantitative estimate of drug-likeness (QED) is 0.608. The summed E-state index contributed by atoms with van der Waals surface area (Å²) < 4.78 is 0. The van der Waals surface area contributed by atoms with Gasteiger partial charge in [0.1, 0.15) is 12.3 Å². The Bertz CT molecular complexity index is 275. The zero-order valence-electron chi connectivity index (χ0n) is 8.45. The molecule has 0 aromatic carbocycles. The fourth-order valence-electron chi connectivity index (χ4n) is 1.37. The molecule has 0 radical (unpaired) electrons. The summed E-state index contributed by atoms with van der Waals surface area (Å²) in [5.41, 5.74) is 0. The molecular weight excluding hydrogens is 184 g/mol. The topological polar surface area (TPSA) is 57.7 Å². The van der Waals surface area contributed by atoms with E-state index in [0.717, 1.165) is 0 Å². The molecule has 1 saturated heterocycles. The molecule has 1 aliphatic heterocycles. The highest BCUT2D eigenvalue weighted by atomic mass is 16.2. The van der Waals surface area contributed by atoms with Crippen molar-refractivity contribution in [1.29, 1.82) is 0 Å². The Kier molecular flexibility index (Phi) is 3.22. The first-order valence-electron chi connectivity index (χ1n) is 4.65. The second-order valence-electron chi connectivity index (χ2n) is 3.29. The first-order valence-corrected chi connectivity index (χ1v) is 4.65. The van der Waals surface area contributed by atoms with Crippen LogP contribution < -0.4 is 0 Å². The van der Waals surface area contributed by atoms with Gasteiger partial charge in [-0.15, -0.1) is 0 Å². The average molecular weight is 198 g/mol. The summed E-state index contributed by atoms with van der Waals surface area (Å²) in [6.45, 7) is 4.08. The van der Waals surface area contributed by atoms with Gasteiger partial charge in [-0.25, -0.2) is 4.79 Å². The molecule has 1 fully saturated rings. The molecular formula is C9H14N2O3. The number of Topliss-reactive ketones (excluding diaryl/α,β-unsaturated/α-hetero) is 1. The van der Waals surface area contributed by atoms with Crippen molar-refractivity contribution in [3.05, 3.63) is 0 Å². The van der Waals surface area contributed by atoms with Crippen LogP contribution in [0.2, 0.25) is 0 Å². The lowest BCUT2D eigenvalue weighted by molar-refractivity contribution is -0.125. The van der Waals surface area contributed by atoms with Crippen LogP contribution in [0.3, 0.4) is 0 Å². The molecule has 0 atom stereocenters. The van der Waals surface area contributed by atoms with Crippen LogP contribution in [0.15, 0.2) is 0 Å². The first-order chi connectivity index (χ1) is 6.56. The number of carbonyl (C=O) groups excluding carboxylic acids is 3. The molecule has 0 N–H and O–H groups in total. The van der Waals surface area contributed by atoms with Gasteiger partial charge in [-0.2, -0.15) is 0 Å². The zero-order valence-corrected chi connectivity index (χ0v) is 8.45. The standard InChI is InChI=1S/C9H14N2O3/c1-3-11-8(13)6-10(9(11)14)5-4-7(2)12/h3-6H2,1-2H3. The Balaban J connectivity index is 2.53. The number of nitrogens with zero attached hydrogens (tertiary/aromatic N) is 2. The highest BCUT2D eigenvalue weighted by molar-refractivity contribution is 6.02. The molecule has 0 unspecified atom stereocenters. The van der Waals surface area contributed by atoms with Crippen molar-refractivity contribution in [3.63, 3.8) is 0 Å². The van der Waals surface area contributed by atoms with Crippen molar-refractivity contribution in [1.82, 2.24) is 9.80 Å². The third-order valence-electron chi connectivity index (χ3n) is 2.18. The molecule has 0 bridgehead atoms. The van der Waals surface area contributed by atoms with Crippen LogP contribution in [0.5, 0.6) is 0 Å². The third kappa shape index (κ3) is 2.10. The monoisotopic (exact) mass is 198 g/mol. The van der Waals surface area contributed by atoms with Gasteiger partial charge in [-0.3, -0.25) is 14.5 Å². The van der Waals surface area contributed by atoms with Crippen LogP contribution in [0, 0.1) is 0 Å². The Morgan fingerprint density at radius 3 is 2.50 bits per heavy atom. The lowest BCUT2D eigenvalue weighted by Crippen LogP contribution is -2.33. The minimum atomic E-state index is -0.279. The summed E-state index contributed by atoms with van der Waals surface area (Å²) >= 11 is 0. The Morgan fingerprint density at radius 2 is 2.07 bits per heavy atom. The van der Waals surface area contributed by atoms with E-state index in [2.05, 4.69) is 0 Å². The SMILES string of the molecule is CCN1C(=O)CN(CCC(C)=O)C1=O. The number of imide groups is 1. The van der Waals surface area contributed by atoms with Gasteiger partial charge in [0.2, 0.25) is 5.91 Å². The maximum atomic E-state index is 11.5. The summed E-state index contributed by atoms with van der Waals surface area (Å²) in [6, 6.07) is -0.279. The van der Waals surface area contributed by atoms with Crippen LogP contribution in [0.1, 0.15) is 20.3 Å². The molecule has 0 spiro atoms. The molecule has 5 nitrogen and oxygen atoms in total. The summed E-state index contributed by atoms with van der Waals surface area (Å²) in [6.07, 6.45) is 0.316. The first kappa shape index (κ1) is 10.7. The van der Waals surface area contributed by atoms with E-state index < -0.39 is 0 Å². The molecule has 1 aliphatic rings. The lowest BCUT2D eigenvalue weighted by Gasteiger charge is -2.14. The summed E-state index contributed by atoms with van der Waals surface area (Å²) in [4.78, 5) is 36.0. The van der Waals surface area contributed by atoms with Gasteiger partial charge < -0.3 is 4.90 Å². The number of urea groups is 1.